The number of allylic oxidation sites excluding steroid dienone is 1. The molecule has 0 aromatic heterocycles. The van der Waals surface area contributed by atoms with Crippen molar-refractivity contribution in [3.05, 3.63) is 95.1 Å². The van der Waals surface area contributed by atoms with Crippen LogP contribution in [0.5, 0.6) is 28.7 Å². The quantitative estimate of drug-likeness (QED) is 0.193. The molecule has 0 aliphatic carbocycles. The number of benzene rings is 3. The van der Waals surface area contributed by atoms with Crippen LogP contribution >= 0.6 is 0 Å². The maximum absolute atomic E-state index is 12.8. The predicted octanol–water partition coefficient (Wildman–Crippen LogP) is 5.35. The molecule has 1 amide bonds. The highest BCUT2D eigenvalue weighted by Crippen LogP contribution is 2.37. The molecular formula is C31H30N2O6. The van der Waals surface area contributed by atoms with Crippen molar-refractivity contribution in [1.29, 1.82) is 5.26 Å². The normalized spacial score (nSPS) is 11.9. The van der Waals surface area contributed by atoms with Crippen LogP contribution in [-0.2, 0) is 24.4 Å². The Bertz CT molecular complexity index is 1410. The zero-order valence-electron chi connectivity index (χ0n) is 22.0. The summed E-state index contributed by atoms with van der Waals surface area (Å²) in [5.41, 5.74) is 3.23. The summed E-state index contributed by atoms with van der Waals surface area (Å²) in [7, 11) is 1.59. The van der Waals surface area contributed by atoms with Crippen LogP contribution in [0, 0.1) is 11.3 Å². The molecule has 3 aromatic rings. The van der Waals surface area contributed by atoms with Crippen LogP contribution in [0.25, 0.3) is 6.08 Å². The summed E-state index contributed by atoms with van der Waals surface area (Å²) >= 11 is 0. The Balaban J connectivity index is 1.54. The van der Waals surface area contributed by atoms with E-state index in [0.717, 1.165) is 22.4 Å². The Morgan fingerprint density at radius 3 is 2.56 bits per heavy atom. The van der Waals surface area contributed by atoms with E-state index in [2.05, 4.69) is 11.9 Å². The Kier molecular flexibility index (Phi) is 9.09. The highest BCUT2D eigenvalue weighted by atomic mass is 16.7. The van der Waals surface area contributed by atoms with Crippen LogP contribution in [0.15, 0.2) is 72.8 Å². The third-order valence-electron chi connectivity index (χ3n) is 5.93. The Morgan fingerprint density at radius 1 is 1.08 bits per heavy atom. The van der Waals surface area contributed by atoms with E-state index < -0.39 is 5.91 Å². The molecule has 1 N–H and O–H groups in total. The number of ether oxygens (including phenoxy) is 5. The van der Waals surface area contributed by atoms with Gasteiger partial charge in [-0.2, -0.15) is 5.26 Å². The van der Waals surface area contributed by atoms with Gasteiger partial charge in [-0.1, -0.05) is 24.3 Å². The van der Waals surface area contributed by atoms with Gasteiger partial charge in [-0.3, -0.25) is 4.79 Å². The van der Waals surface area contributed by atoms with Crippen molar-refractivity contribution >= 4 is 12.0 Å². The number of fused-ring (bicyclic) bond motifs is 1. The SMILES string of the molecule is C=CCc1cc(/C=C(/C#N)C(=O)NCc2ccc(OC)cc2)cc(OCC)c1OCc1ccc2c(c1)OCO2. The Hall–Kier alpha value is -4.90. The molecule has 8 nitrogen and oxygen atoms in total. The number of amides is 1. The molecule has 200 valence electrons. The highest BCUT2D eigenvalue weighted by Gasteiger charge is 2.17. The number of hydrogen-bond acceptors (Lipinski definition) is 7. The minimum absolute atomic E-state index is 0.0236. The number of nitriles is 1. The first-order chi connectivity index (χ1) is 19.0. The lowest BCUT2D eigenvalue weighted by Gasteiger charge is -2.17. The number of carbonyl (C=O) groups is 1. The largest absolute Gasteiger partial charge is 0.497 e. The van der Waals surface area contributed by atoms with Gasteiger partial charge in [0, 0.05) is 12.1 Å². The van der Waals surface area contributed by atoms with Gasteiger partial charge in [0.05, 0.1) is 13.7 Å². The third kappa shape index (κ3) is 6.90. The van der Waals surface area contributed by atoms with E-state index in [1.165, 1.54) is 0 Å². The smallest absolute Gasteiger partial charge is 0.262 e. The zero-order chi connectivity index (χ0) is 27.6. The number of hydrogen-bond donors (Lipinski definition) is 1. The topological polar surface area (TPSA) is 99.0 Å². The van der Waals surface area contributed by atoms with Gasteiger partial charge in [0.15, 0.2) is 23.0 Å². The van der Waals surface area contributed by atoms with Crippen molar-refractivity contribution in [2.75, 3.05) is 20.5 Å². The minimum Gasteiger partial charge on any atom is -0.497 e. The van der Waals surface area contributed by atoms with Gasteiger partial charge in [-0.15, -0.1) is 6.58 Å². The van der Waals surface area contributed by atoms with Crippen LogP contribution in [-0.4, -0.2) is 26.4 Å². The second-order valence-electron chi connectivity index (χ2n) is 8.61. The molecule has 0 bridgehead atoms. The van der Waals surface area contributed by atoms with Crippen LogP contribution in [0.1, 0.15) is 29.2 Å². The second-order valence-corrected chi connectivity index (χ2v) is 8.61. The molecule has 0 saturated carbocycles. The molecule has 0 saturated heterocycles. The molecule has 0 spiro atoms. The minimum atomic E-state index is -0.473. The van der Waals surface area contributed by atoms with E-state index >= 15 is 0 Å². The van der Waals surface area contributed by atoms with Gasteiger partial charge in [0.2, 0.25) is 6.79 Å². The van der Waals surface area contributed by atoms with E-state index in [9.17, 15) is 10.1 Å². The van der Waals surface area contributed by atoms with Crippen molar-refractivity contribution < 1.29 is 28.5 Å². The maximum Gasteiger partial charge on any atom is 0.262 e. The van der Waals surface area contributed by atoms with Crippen molar-refractivity contribution in [3.8, 4) is 34.8 Å². The van der Waals surface area contributed by atoms with E-state index in [0.29, 0.717) is 41.6 Å². The first kappa shape index (κ1) is 27.1. The molecule has 0 unspecified atom stereocenters. The van der Waals surface area contributed by atoms with Crippen molar-refractivity contribution in [2.45, 2.75) is 26.5 Å². The van der Waals surface area contributed by atoms with Crippen molar-refractivity contribution in [1.82, 2.24) is 5.32 Å². The lowest BCUT2D eigenvalue weighted by molar-refractivity contribution is -0.117. The number of carbonyl (C=O) groups excluding carboxylic acids is 1. The summed E-state index contributed by atoms with van der Waals surface area (Å²) in [6, 6.07) is 18.6. The summed E-state index contributed by atoms with van der Waals surface area (Å²) in [4.78, 5) is 12.8. The molecule has 0 radical (unpaired) electrons. The third-order valence-corrected chi connectivity index (χ3v) is 5.93. The molecular weight excluding hydrogens is 496 g/mol. The molecule has 0 atom stereocenters. The van der Waals surface area contributed by atoms with Crippen molar-refractivity contribution in [2.24, 2.45) is 0 Å². The van der Waals surface area contributed by atoms with E-state index in [1.807, 2.05) is 61.5 Å². The van der Waals surface area contributed by atoms with Crippen LogP contribution in [0.2, 0.25) is 0 Å². The summed E-state index contributed by atoms with van der Waals surface area (Å²) in [5, 5.41) is 12.5. The average Bonchev–Trinajstić information content (AvgIpc) is 3.43. The molecule has 1 aliphatic heterocycles. The van der Waals surface area contributed by atoms with Crippen molar-refractivity contribution in [3.63, 3.8) is 0 Å². The number of rotatable bonds is 12. The van der Waals surface area contributed by atoms with Gasteiger partial charge >= 0.3 is 0 Å². The highest BCUT2D eigenvalue weighted by molar-refractivity contribution is 6.01. The summed E-state index contributed by atoms with van der Waals surface area (Å²) in [6.07, 6.45) is 3.81. The second kappa shape index (κ2) is 13.1. The molecule has 8 heteroatoms. The lowest BCUT2D eigenvalue weighted by atomic mass is 10.0. The number of nitrogens with zero attached hydrogens (tertiary/aromatic N) is 1. The Labute approximate surface area is 228 Å². The van der Waals surface area contributed by atoms with Gasteiger partial charge in [-0.25, -0.2) is 0 Å². The first-order valence-electron chi connectivity index (χ1n) is 12.5. The fraction of sp³-hybridized carbons (Fsp3) is 0.226. The number of methoxy groups -OCH3 is 1. The maximum atomic E-state index is 12.8. The average molecular weight is 527 g/mol. The van der Waals surface area contributed by atoms with Crippen LogP contribution in [0.3, 0.4) is 0 Å². The molecule has 0 fully saturated rings. The monoisotopic (exact) mass is 526 g/mol. The molecule has 1 aliphatic rings. The molecule has 4 rings (SSSR count). The van der Waals surface area contributed by atoms with Gasteiger partial charge < -0.3 is 29.0 Å². The molecule has 1 heterocycles. The fourth-order valence-electron chi connectivity index (χ4n) is 4.02. The zero-order valence-corrected chi connectivity index (χ0v) is 22.0. The summed E-state index contributed by atoms with van der Waals surface area (Å²) < 4.78 is 28.1. The number of nitrogens with one attached hydrogen (secondary N) is 1. The van der Waals surface area contributed by atoms with Gasteiger partial charge in [0.25, 0.3) is 5.91 Å². The van der Waals surface area contributed by atoms with E-state index in [-0.39, 0.29) is 25.5 Å². The first-order valence-corrected chi connectivity index (χ1v) is 12.5. The lowest BCUT2D eigenvalue weighted by Crippen LogP contribution is -2.23. The van der Waals surface area contributed by atoms with Crippen LogP contribution < -0.4 is 29.0 Å². The van der Waals surface area contributed by atoms with E-state index in [1.54, 1.807) is 25.3 Å². The van der Waals surface area contributed by atoms with Crippen LogP contribution in [0.4, 0.5) is 0 Å². The van der Waals surface area contributed by atoms with E-state index in [4.69, 9.17) is 23.7 Å². The summed E-state index contributed by atoms with van der Waals surface area (Å²) in [6.45, 7) is 6.92. The molecule has 39 heavy (non-hydrogen) atoms. The van der Waals surface area contributed by atoms with Gasteiger partial charge in [0.1, 0.15) is 24.0 Å². The van der Waals surface area contributed by atoms with Gasteiger partial charge in [-0.05, 0) is 72.5 Å². The Morgan fingerprint density at radius 2 is 1.85 bits per heavy atom. The fourth-order valence-corrected chi connectivity index (χ4v) is 4.02. The predicted molar refractivity (Wildman–Crippen MR) is 147 cm³/mol. The standard InChI is InChI=1S/C31H30N2O6/c1-4-6-24-13-23(14-25(17-32)31(34)33-18-21-7-10-26(35-3)11-8-21)16-29(36-5-2)30(24)37-19-22-9-12-27-28(15-22)39-20-38-27/h4,7-16H,1,5-6,18-20H2,2-3H3,(H,33,34)/b25-14-. The molecule has 3 aromatic carbocycles. The summed E-state index contributed by atoms with van der Waals surface area (Å²) in [5.74, 6) is 2.74.